The molecule has 16 heavy (non-hydrogen) atoms. The molecule has 0 amide bonds. The van der Waals surface area contributed by atoms with Gasteiger partial charge in [0.15, 0.2) is 0 Å². The van der Waals surface area contributed by atoms with Crippen LogP contribution in [0.1, 0.15) is 52.4 Å². The molecule has 0 aromatic carbocycles. The predicted molar refractivity (Wildman–Crippen MR) is 66.2 cm³/mol. The summed E-state index contributed by atoms with van der Waals surface area (Å²) in [4.78, 5) is 4.28. The first-order valence-corrected chi connectivity index (χ1v) is 6.14. The van der Waals surface area contributed by atoms with Gasteiger partial charge >= 0.3 is 0 Å². The first-order chi connectivity index (χ1) is 7.50. The number of rotatable bonds is 6. The van der Waals surface area contributed by atoms with E-state index in [1.54, 1.807) is 6.33 Å². The third-order valence-corrected chi connectivity index (χ3v) is 2.65. The molecule has 0 bridgehead atoms. The Morgan fingerprint density at radius 2 is 2.00 bits per heavy atom. The Kier molecular flexibility index (Phi) is 4.93. The zero-order valence-corrected chi connectivity index (χ0v) is 10.8. The Bertz CT molecular complexity index is 304. The molecule has 0 aliphatic rings. The minimum Gasteiger partial charge on any atom is -0.328 e. The summed E-state index contributed by atoms with van der Waals surface area (Å²) in [5.41, 5.74) is 6.06. The summed E-state index contributed by atoms with van der Waals surface area (Å²) >= 11 is 0. The molecule has 1 unspecified atom stereocenters. The van der Waals surface area contributed by atoms with Crippen LogP contribution in [-0.4, -0.2) is 20.8 Å². The number of hydrogen-bond acceptors (Lipinski definition) is 3. The first-order valence-electron chi connectivity index (χ1n) is 6.14. The SMILES string of the molecule is CC(C)CC(N)CCc1ncnn1C(C)C. The number of nitrogens with zero attached hydrogens (tertiary/aromatic N) is 3. The molecule has 0 fully saturated rings. The molecule has 1 atom stereocenters. The molecule has 4 heteroatoms. The van der Waals surface area contributed by atoms with Crippen molar-refractivity contribution in [2.24, 2.45) is 11.7 Å². The van der Waals surface area contributed by atoms with Gasteiger partial charge in [-0.15, -0.1) is 0 Å². The lowest BCUT2D eigenvalue weighted by Crippen LogP contribution is -2.23. The highest BCUT2D eigenvalue weighted by Gasteiger charge is 2.10. The fraction of sp³-hybridized carbons (Fsp3) is 0.833. The van der Waals surface area contributed by atoms with Crippen molar-refractivity contribution in [3.8, 4) is 0 Å². The minimum atomic E-state index is 0.275. The maximum absolute atomic E-state index is 6.06. The third-order valence-electron chi connectivity index (χ3n) is 2.65. The highest BCUT2D eigenvalue weighted by molar-refractivity contribution is 4.87. The molecule has 0 spiro atoms. The van der Waals surface area contributed by atoms with Crippen LogP contribution >= 0.6 is 0 Å². The van der Waals surface area contributed by atoms with E-state index in [0.29, 0.717) is 12.0 Å². The van der Waals surface area contributed by atoms with Gasteiger partial charge in [-0.3, -0.25) is 0 Å². The van der Waals surface area contributed by atoms with Crippen LogP contribution in [0.2, 0.25) is 0 Å². The van der Waals surface area contributed by atoms with Gasteiger partial charge in [0.05, 0.1) is 0 Å². The summed E-state index contributed by atoms with van der Waals surface area (Å²) < 4.78 is 1.97. The van der Waals surface area contributed by atoms with Gasteiger partial charge in [-0.05, 0) is 32.6 Å². The summed E-state index contributed by atoms with van der Waals surface area (Å²) in [6.45, 7) is 8.64. The monoisotopic (exact) mass is 224 g/mol. The van der Waals surface area contributed by atoms with Gasteiger partial charge in [0.25, 0.3) is 0 Å². The van der Waals surface area contributed by atoms with Gasteiger partial charge in [0.1, 0.15) is 12.2 Å². The second-order valence-corrected chi connectivity index (χ2v) is 5.14. The molecule has 0 aliphatic carbocycles. The zero-order valence-electron chi connectivity index (χ0n) is 10.8. The Labute approximate surface area is 98.2 Å². The summed E-state index contributed by atoms with van der Waals surface area (Å²) in [5, 5.41) is 4.22. The maximum atomic E-state index is 6.06. The number of aryl methyl sites for hydroxylation is 1. The predicted octanol–water partition coefficient (Wildman–Crippen LogP) is 2.17. The van der Waals surface area contributed by atoms with Gasteiger partial charge < -0.3 is 5.73 Å². The van der Waals surface area contributed by atoms with Crippen LogP contribution < -0.4 is 5.73 Å². The van der Waals surface area contributed by atoms with E-state index >= 15 is 0 Å². The van der Waals surface area contributed by atoms with Gasteiger partial charge in [-0.25, -0.2) is 9.67 Å². The van der Waals surface area contributed by atoms with Crippen molar-refractivity contribution in [1.82, 2.24) is 14.8 Å². The molecule has 0 radical (unpaired) electrons. The quantitative estimate of drug-likeness (QED) is 0.805. The normalized spacial score (nSPS) is 13.7. The lowest BCUT2D eigenvalue weighted by atomic mass is 10.0. The second-order valence-electron chi connectivity index (χ2n) is 5.14. The highest BCUT2D eigenvalue weighted by Crippen LogP contribution is 2.11. The van der Waals surface area contributed by atoms with E-state index in [1.807, 2.05) is 4.68 Å². The van der Waals surface area contributed by atoms with Crippen LogP contribution in [-0.2, 0) is 6.42 Å². The molecule has 0 aliphatic heterocycles. The van der Waals surface area contributed by atoms with E-state index in [0.717, 1.165) is 25.1 Å². The van der Waals surface area contributed by atoms with Gasteiger partial charge in [0.2, 0.25) is 0 Å². The van der Waals surface area contributed by atoms with E-state index in [4.69, 9.17) is 5.73 Å². The van der Waals surface area contributed by atoms with Crippen LogP contribution in [0.15, 0.2) is 6.33 Å². The molecule has 0 saturated carbocycles. The number of aromatic nitrogens is 3. The van der Waals surface area contributed by atoms with E-state index in [9.17, 15) is 0 Å². The summed E-state index contributed by atoms with van der Waals surface area (Å²) in [5.74, 6) is 1.71. The zero-order chi connectivity index (χ0) is 12.1. The molecular weight excluding hydrogens is 200 g/mol. The van der Waals surface area contributed by atoms with Crippen molar-refractivity contribution in [3.63, 3.8) is 0 Å². The number of nitrogens with two attached hydrogens (primary N) is 1. The summed E-state index contributed by atoms with van der Waals surface area (Å²) in [6, 6.07) is 0.649. The largest absolute Gasteiger partial charge is 0.328 e. The van der Waals surface area contributed by atoms with Crippen LogP contribution in [0.5, 0.6) is 0 Å². The molecule has 4 nitrogen and oxygen atoms in total. The van der Waals surface area contributed by atoms with Crippen molar-refractivity contribution in [2.45, 2.75) is 59.0 Å². The molecule has 1 rings (SSSR count). The first kappa shape index (κ1) is 13.2. The molecule has 0 saturated heterocycles. The summed E-state index contributed by atoms with van der Waals surface area (Å²) in [6.07, 6.45) is 4.62. The third kappa shape index (κ3) is 3.93. The van der Waals surface area contributed by atoms with Crippen LogP contribution in [0.4, 0.5) is 0 Å². The van der Waals surface area contributed by atoms with Crippen molar-refractivity contribution in [1.29, 1.82) is 0 Å². The van der Waals surface area contributed by atoms with E-state index in [2.05, 4.69) is 37.8 Å². The average molecular weight is 224 g/mol. The molecule has 1 aromatic rings. The van der Waals surface area contributed by atoms with E-state index in [-0.39, 0.29) is 6.04 Å². The van der Waals surface area contributed by atoms with Crippen molar-refractivity contribution in [3.05, 3.63) is 12.2 Å². The molecule has 2 N–H and O–H groups in total. The van der Waals surface area contributed by atoms with E-state index < -0.39 is 0 Å². The summed E-state index contributed by atoms with van der Waals surface area (Å²) in [7, 11) is 0. The molecule has 92 valence electrons. The van der Waals surface area contributed by atoms with Crippen LogP contribution in [0, 0.1) is 5.92 Å². The fourth-order valence-corrected chi connectivity index (χ4v) is 1.92. The van der Waals surface area contributed by atoms with Gasteiger partial charge in [-0.2, -0.15) is 5.10 Å². The van der Waals surface area contributed by atoms with Crippen molar-refractivity contribution in [2.75, 3.05) is 0 Å². The molecular formula is C12H24N4. The minimum absolute atomic E-state index is 0.275. The molecule has 1 aromatic heterocycles. The average Bonchev–Trinajstić information content (AvgIpc) is 2.61. The second kappa shape index (κ2) is 5.99. The van der Waals surface area contributed by atoms with E-state index in [1.165, 1.54) is 0 Å². The van der Waals surface area contributed by atoms with Gasteiger partial charge in [-0.1, -0.05) is 13.8 Å². The Morgan fingerprint density at radius 3 is 2.56 bits per heavy atom. The Hall–Kier alpha value is -0.900. The smallest absolute Gasteiger partial charge is 0.138 e. The molecule has 1 heterocycles. The highest BCUT2D eigenvalue weighted by atomic mass is 15.3. The number of hydrogen-bond donors (Lipinski definition) is 1. The standard InChI is InChI=1S/C12H24N4/c1-9(2)7-11(13)5-6-12-14-8-15-16(12)10(3)4/h8-11H,5-7,13H2,1-4H3. The van der Waals surface area contributed by atoms with Crippen molar-refractivity contribution >= 4 is 0 Å². The Balaban J connectivity index is 2.45. The van der Waals surface area contributed by atoms with Crippen LogP contribution in [0.3, 0.4) is 0 Å². The Morgan fingerprint density at radius 1 is 1.31 bits per heavy atom. The van der Waals surface area contributed by atoms with Gasteiger partial charge in [0, 0.05) is 18.5 Å². The fourth-order valence-electron chi connectivity index (χ4n) is 1.92. The topological polar surface area (TPSA) is 56.7 Å². The lowest BCUT2D eigenvalue weighted by molar-refractivity contribution is 0.452. The van der Waals surface area contributed by atoms with Crippen LogP contribution in [0.25, 0.3) is 0 Å². The van der Waals surface area contributed by atoms with Crippen molar-refractivity contribution < 1.29 is 0 Å². The maximum Gasteiger partial charge on any atom is 0.138 e. The lowest BCUT2D eigenvalue weighted by Gasteiger charge is -2.14.